The number of rotatable bonds is 4. The van der Waals surface area contributed by atoms with Crippen molar-refractivity contribution >= 4 is 0 Å². The Labute approximate surface area is 122 Å². The molecule has 1 atom stereocenters. The molecule has 2 aromatic carbocycles. The van der Waals surface area contributed by atoms with Crippen molar-refractivity contribution in [2.75, 3.05) is 14.2 Å². The van der Waals surface area contributed by atoms with Gasteiger partial charge in [0.05, 0.1) is 20.3 Å². The molecular weight excluding hydrogens is 276 g/mol. The highest BCUT2D eigenvalue weighted by atomic mass is 19.1. The molecule has 2 rings (SSSR count). The molecule has 0 spiro atoms. The largest absolute Gasteiger partial charge is 0.493 e. The number of aryl methyl sites for hydroxylation is 1. The standard InChI is InChI=1S/C16H17F2NO2/c1-9-6-14(20-2)15(21-3)8-12(9)16(19)11-5-4-10(17)7-13(11)18/h4-8,16H,19H2,1-3H3. The van der Waals surface area contributed by atoms with Crippen molar-refractivity contribution in [2.24, 2.45) is 5.73 Å². The Morgan fingerprint density at radius 1 is 0.952 bits per heavy atom. The second-order valence-electron chi connectivity index (χ2n) is 4.71. The Kier molecular flexibility index (Phi) is 4.43. The normalized spacial score (nSPS) is 12.1. The van der Waals surface area contributed by atoms with E-state index < -0.39 is 17.7 Å². The van der Waals surface area contributed by atoms with E-state index in [1.807, 2.05) is 6.92 Å². The lowest BCUT2D eigenvalue weighted by Crippen LogP contribution is -2.15. The molecule has 3 nitrogen and oxygen atoms in total. The highest BCUT2D eigenvalue weighted by molar-refractivity contribution is 5.50. The quantitative estimate of drug-likeness (QED) is 0.940. The average molecular weight is 293 g/mol. The van der Waals surface area contributed by atoms with Crippen LogP contribution in [0.25, 0.3) is 0 Å². The van der Waals surface area contributed by atoms with E-state index in [4.69, 9.17) is 15.2 Å². The second kappa shape index (κ2) is 6.10. The van der Waals surface area contributed by atoms with Crippen molar-refractivity contribution in [3.8, 4) is 11.5 Å². The third-order valence-corrected chi connectivity index (χ3v) is 3.40. The summed E-state index contributed by atoms with van der Waals surface area (Å²) >= 11 is 0. The highest BCUT2D eigenvalue weighted by Gasteiger charge is 2.18. The van der Waals surface area contributed by atoms with Gasteiger partial charge in [-0.05, 0) is 36.2 Å². The van der Waals surface area contributed by atoms with Crippen molar-refractivity contribution < 1.29 is 18.3 Å². The Morgan fingerprint density at radius 3 is 2.14 bits per heavy atom. The minimum Gasteiger partial charge on any atom is -0.493 e. The van der Waals surface area contributed by atoms with Crippen LogP contribution in [0.3, 0.4) is 0 Å². The van der Waals surface area contributed by atoms with E-state index in [2.05, 4.69) is 0 Å². The lowest BCUT2D eigenvalue weighted by atomic mass is 9.94. The molecule has 1 unspecified atom stereocenters. The van der Waals surface area contributed by atoms with Crippen LogP contribution in [0, 0.1) is 18.6 Å². The number of methoxy groups -OCH3 is 2. The van der Waals surface area contributed by atoms with Gasteiger partial charge in [0.15, 0.2) is 11.5 Å². The lowest BCUT2D eigenvalue weighted by molar-refractivity contribution is 0.354. The molecule has 0 fully saturated rings. The van der Waals surface area contributed by atoms with Gasteiger partial charge < -0.3 is 15.2 Å². The van der Waals surface area contributed by atoms with E-state index >= 15 is 0 Å². The first-order valence-corrected chi connectivity index (χ1v) is 6.41. The van der Waals surface area contributed by atoms with Crippen LogP contribution in [0.15, 0.2) is 30.3 Å². The summed E-state index contributed by atoms with van der Waals surface area (Å²) in [6.45, 7) is 1.85. The fraction of sp³-hybridized carbons (Fsp3) is 0.250. The molecule has 0 heterocycles. The number of hydrogen-bond acceptors (Lipinski definition) is 3. The van der Waals surface area contributed by atoms with E-state index in [1.165, 1.54) is 26.4 Å². The first kappa shape index (κ1) is 15.3. The molecule has 2 aromatic rings. The zero-order chi connectivity index (χ0) is 15.6. The Balaban J connectivity index is 2.50. The van der Waals surface area contributed by atoms with E-state index in [-0.39, 0.29) is 5.56 Å². The molecule has 5 heteroatoms. The molecule has 0 amide bonds. The molecule has 0 saturated heterocycles. The van der Waals surface area contributed by atoms with Gasteiger partial charge in [-0.25, -0.2) is 8.78 Å². The summed E-state index contributed by atoms with van der Waals surface area (Å²) in [5.74, 6) is -0.217. The zero-order valence-corrected chi connectivity index (χ0v) is 12.1. The molecule has 2 N–H and O–H groups in total. The van der Waals surface area contributed by atoms with Crippen molar-refractivity contribution in [1.82, 2.24) is 0 Å². The molecule has 0 aromatic heterocycles. The second-order valence-corrected chi connectivity index (χ2v) is 4.71. The summed E-state index contributed by atoms with van der Waals surface area (Å²) in [6.07, 6.45) is 0. The van der Waals surface area contributed by atoms with Gasteiger partial charge in [0.2, 0.25) is 0 Å². The maximum absolute atomic E-state index is 13.9. The zero-order valence-electron chi connectivity index (χ0n) is 12.1. The topological polar surface area (TPSA) is 44.5 Å². The maximum Gasteiger partial charge on any atom is 0.161 e. The van der Waals surface area contributed by atoms with Crippen LogP contribution in [0.2, 0.25) is 0 Å². The summed E-state index contributed by atoms with van der Waals surface area (Å²) in [4.78, 5) is 0. The molecule has 112 valence electrons. The molecular formula is C16H17F2NO2. The van der Waals surface area contributed by atoms with Crippen LogP contribution in [0.4, 0.5) is 8.78 Å². The summed E-state index contributed by atoms with van der Waals surface area (Å²) < 4.78 is 37.3. The first-order chi connectivity index (χ1) is 9.97. The summed E-state index contributed by atoms with van der Waals surface area (Å²) in [6, 6.07) is 6.13. The first-order valence-electron chi connectivity index (χ1n) is 6.41. The smallest absolute Gasteiger partial charge is 0.161 e. The predicted molar refractivity (Wildman–Crippen MR) is 76.7 cm³/mol. The SMILES string of the molecule is COc1cc(C)c(C(N)c2ccc(F)cc2F)cc1OC. The van der Waals surface area contributed by atoms with Crippen LogP contribution in [0.5, 0.6) is 11.5 Å². The molecule has 0 radical (unpaired) electrons. The average Bonchev–Trinajstić information content (AvgIpc) is 2.46. The van der Waals surface area contributed by atoms with E-state index in [0.717, 1.165) is 11.6 Å². The van der Waals surface area contributed by atoms with Gasteiger partial charge in [0, 0.05) is 11.6 Å². The highest BCUT2D eigenvalue weighted by Crippen LogP contribution is 2.34. The maximum atomic E-state index is 13.9. The van der Waals surface area contributed by atoms with Crippen molar-refractivity contribution in [3.63, 3.8) is 0 Å². The molecule has 0 aliphatic heterocycles. The number of hydrogen-bond donors (Lipinski definition) is 1. The number of ether oxygens (including phenoxy) is 2. The van der Waals surface area contributed by atoms with Gasteiger partial charge in [-0.3, -0.25) is 0 Å². The number of halogens is 2. The van der Waals surface area contributed by atoms with Crippen LogP contribution in [-0.4, -0.2) is 14.2 Å². The van der Waals surface area contributed by atoms with Crippen LogP contribution in [-0.2, 0) is 0 Å². The Morgan fingerprint density at radius 2 is 1.57 bits per heavy atom. The minimum atomic E-state index is -0.717. The number of benzene rings is 2. The van der Waals surface area contributed by atoms with Crippen molar-refractivity contribution in [2.45, 2.75) is 13.0 Å². The minimum absolute atomic E-state index is 0.228. The van der Waals surface area contributed by atoms with Gasteiger partial charge >= 0.3 is 0 Å². The van der Waals surface area contributed by atoms with Crippen LogP contribution < -0.4 is 15.2 Å². The van der Waals surface area contributed by atoms with Gasteiger partial charge in [-0.15, -0.1) is 0 Å². The third-order valence-electron chi connectivity index (χ3n) is 3.40. The van der Waals surface area contributed by atoms with Crippen molar-refractivity contribution in [1.29, 1.82) is 0 Å². The van der Waals surface area contributed by atoms with E-state index in [1.54, 1.807) is 12.1 Å². The van der Waals surface area contributed by atoms with Gasteiger partial charge in [0.25, 0.3) is 0 Å². The Bertz CT molecular complexity index is 659. The number of nitrogens with two attached hydrogens (primary N) is 1. The fourth-order valence-electron chi connectivity index (χ4n) is 2.25. The molecule has 0 bridgehead atoms. The molecule has 0 aliphatic carbocycles. The van der Waals surface area contributed by atoms with Gasteiger partial charge in [0.1, 0.15) is 11.6 Å². The summed E-state index contributed by atoms with van der Waals surface area (Å²) in [5.41, 5.74) is 7.88. The van der Waals surface area contributed by atoms with Crippen LogP contribution >= 0.6 is 0 Å². The predicted octanol–water partition coefficient (Wildman–Crippen LogP) is 3.34. The van der Waals surface area contributed by atoms with E-state index in [9.17, 15) is 8.78 Å². The summed E-state index contributed by atoms with van der Waals surface area (Å²) in [7, 11) is 3.05. The third kappa shape index (κ3) is 2.97. The van der Waals surface area contributed by atoms with Gasteiger partial charge in [-0.2, -0.15) is 0 Å². The molecule has 21 heavy (non-hydrogen) atoms. The summed E-state index contributed by atoms with van der Waals surface area (Å²) in [5, 5.41) is 0. The lowest BCUT2D eigenvalue weighted by Gasteiger charge is -2.18. The fourth-order valence-corrected chi connectivity index (χ4v) is 2.25. The van der Waals surface area contributed by atoms with Crippen LogP contribution in [0.1, 0.15) is 22.7 Å². The van der Waals surface area contributed by atoms with E-state index in [0.29, 0.717) is 17.1 Å². The Hall–Kier alpha value is -2.14. The molecule has 0 aliphatic rings. The molecule has 0 saturated carbocycles. The van der Waals surface area contributed by atoms with Crippen molar-refractivity contribution in [3.05, 3.63) is 58.7 Å². The van der Waals surface area contributed by atoms with Gasteiger partial charge in [-0.1, -0.05) is 6.07 Å². The monoisotopic (exact) mass is 293 g/mol.